The summed E-state index contributed by atoms with van der Waals surface area (Å²) in [6.45, 7) is 3.75. The molecule has 0 aromatic heterocycles. The molecule has 0 aliphatic carbocycles. The summed E-state index contributed by atoms with van der Waals surface area (Å²) in [5, 5.41) is 2.55. The van der Waals surface area contributed by atoms with Crippen molar-refractivity contribution in [3.05, 3.63) is 0 Å². The van der Waals surface area contributed by atoms with E-state index in [1.165, 1.54) is 4.90 Å². The van der Waals surface area contributed by atoms with Crippen LogP contribution in [0.15, 0.2) is 0 Å². The molecule has 3 atom stereocenters. The molecule has 0 bridgehead atoms. The largest absolute Gasteiger partial charge is 0.345 e. The minimum absolute atomic E-state index is 0.221. The number of nitrogens with zero attached hydrogens (tertiary/aromatic N) is 1. The quantitative estimate of drug-likeness (QED) is 0.619. The summed E-state index contributed by atoms with van der Waals surface area (Å²) in [5.74, 6) is -0.502. The molecule has 17 heavy (non-hydrogen) atoms. The molecule has 0 unspecified atom stereocenters. The van der Waals surface area contributed by atoms with Gasteiger partial charge < -0.3 is 20.7 Å². The van der Waals surface area contributed by atoms with E-state index in [1.54, 1.807) is 13.8 Å². The van der Waals surface area contributed by atoms with Gasteiger partial charge in [0.15, 0.2) is 0 Å². The predicted octanol–water partition coefficient (Wildman–Crippen LogP) is -0.972. The molecule has 0 spiro atoms. The first kappa shape index (κ1) is 13.6. The lowest BCUT2D eigenvalue weighted by Gasteiger charge is -2.26. The second-order valence-electron chi connectivity index (χ2n) is 4.41. The van der Waals surface area contributed by atoms with Crippen molar-refractivity contribution in [1.82, 2.24) is 10.2 Å². The van der Waals surface area contributed by atoms with Gasteiger partial charge in [-0.05, 0) is 26.7 Å². The lowest BCUT2D eigenvalue weighted by atomic mass is 10.2. The van der Waals surface area contributed by atoms with Crippen molar-refractivity contribution >= 4 is 18.1 Å². The van der Waals surface area contributed by atoms with Crippen LogP contribution in [0, 0.1) is 0 Å². The van der Waals surface area contributed by atoms with Crippen molar-refractivity contribution in [2.24, 2.45) is 5.73 Å². The Kier molecular flexibility index (Phi) is 4.62. The van der Waals surface area contributed by atoms with Gasteiger partial charge in [-0.2, -0.15) is 0 Å². The first-order chi connectivity index (χ1) is 7.97. The second-order valence-corrected chi connectivity index (χ2v) is 4.41. The number of likely N-dealkylation sites (tertiary alicyclic amines) is 1. The summed E-state index contributed by atoms with van der Waals surface area (Å²) in [5.41, 5.74) is 5.53. The van der Waals surface area contributed by atoms with Gasteiger partial charge in [-0.1, -0.05) is 0 Å². The molecule has 2 amide bonds. The zero-order valence-electron chi connectivity index (χ0n) is 10.2. The number of nitrogens with two attached hydrogens (primary N) is 1. The maximum atomic E-state index is 11.8. The molecule has 1 aliphatic heterocycles. The SMILES string of the molecule is C[C@H](N)C(=O)N1CCC[C@H]1C(=O)N[C@@H](C)C=O. The van der Waals surface area contributed by atoms with Gasteiger partial charge in [-0.15, -0.1) is 0 Å². The summed E-state index contributed by atoms with van der Waals surface area (Å²) in [6, 6.07) is -1.63. The van der Waals surface area contributed by atoms with Crippen molar-refractivity contribution < 1.29 is 14.4 Å². The Bertz CT molecular complexity index is 317. The molecule has 6 nitrogen and oxygen atoms in total. The molecule has 0 aromatic carbocycles. The van der Waals surface area contributed by atoms with Crippen molar-refractivity contribution in [3.63, 3.8) is 0 Å². The molecule has 0 saturated carbocycles. The number of hydrogen-bond donors (Lipinski definition) is 2. The van der Waals surface area contributed by atoms with E-state index in [-0.39, 0.29) is 11.8 Å². The smallest absolute Gasteiger partial charge is 0.243 e. The molecular weight excluding hydrogens is 222 g/mol. The van der Waals surface area contributed by atoms with E-state index in [0.29, 0.717) is 19.3 Å². The van der Waals surface area contributed by atoms with Gasteiger partial charge in [0.2, 0.25) is 11.8 Å². The minimum Gasteiger partial charge on any atom is -0.345 e. The number of rotatable bonds is 4. The third-order valence-electron chi connectivity index (χ3n) is 2.80. The lowest BCUT2D eigenvalue weighted by molar-refractivity contribution is -0.139. The Morgan fingerprint density at radius 1 is 1.47 bits per heavy atom. The third kappa shape index (κ3) is 3.26. The molecule has 0 radical (unpaired) electrons. The van der Waals surface area contributed by atoms with E-state index in [2.05, 4.69) is 5.32 Å². The Hall–Kier alpha value is -1.43. The highest BCUT2D eigenvalue weighted by molar-refractivity contribution is 5.91. The Labute approximate surface area is 101 Å². The summed E-state index contributed by atoms with van der Waals surface area (Å²) in [6.07, 6.45) is 2.06. The lowest BCUT2D eigenvalue weighted by Crippen LogP contribution is -2.51. The van der Waals surface area contributed by atoms with Crippen LogP contribution in [0.3, 0.4) is 0 Å². The van der Waals surface area contributed by atoms with Crippen LogP contribution in [0.4, 0.5) is 0 Å². The summed E-state index contributed by atoms with van der Waals surface area (Å²) in [4.78, 5) is 35.6. The molecule has 1 aliphatic rings. The van der Waals surface area contributed by atoms with E-state index in [9.17, 15) is 14.4 Å². The highest BCUT2D eigenvalue weighted by atomic mass is 16.2. The van der Waals surface area contributed by atoms with Gasteiger partial charge >= 0.3 is 0 Å². The average molecular weight is 241 g/mol. The van der Waals surface area contributed by atoms with Crippen molar-refractivity contribution in [2.45, 2.75) is 44.8 Å². The Morgan fingerprint density at radius 3 is 2.65 bits per heavy atom. The fourth-order valence-corrected chi connectivity index (χ4v) is 1.92. The molecule has 1 fully saturated rings. The Balaban J connectivity index is 2.66. The van der Waals surface area contributed by atoms with Crippen LogP contribution < -0.4 is 11.1 Å². The van der Waals surface area contributed by atoms with Gasteiger partial charge in [0.1, 0.15) is 12.3 Å². The summed E-state index contributed by atoms with van der Waals surface area (Å²) >= 11 is 0. The minimum atomic E-state index is -0.605. The van der Waals surface area contributed by atoms with Crippen LogP contribution in [0.5, 0.6) is 0 Å². The van der Waals surface area contributed by atoms with Gasteiger partial charge in [-0.25, -0.2) is 0 Å². The first-order valence-electron chi connectivity index (χ1n) is 5.79. The molecule has 6 heteroatoms. The van der Waals surface area contributed by atoms with Gasteiger partial charge in [-0.3, -0.25) is 9.59 Å². The van der Waals surface area contributed by atoms with Crippen LogP contribution in [0.25, 0.3) is 0 Å². The van der Waals surface area contributed by atoms with E-state index >= 15 is 0 Å². The fraction of sp³-hybridized carbons (Fsp3) is 0.727. The number of amides is 2. The van der Waals surface area contributed by atoms with E-state index < -0.39 is 18.1 Å². The predicted molar refractivity (Wildman–Crippen MR) is 62.1 cm³/mol. The van der Waals surface area contributed by atoms with Crippen molar-refractivity contribution in [2.75, 3.05) is 6.54 Å². The summed E-state index contributed by atoms with van der Waals surface area (Å²) in [7, 11) is 0. The van der Waals surface area contributed by atoms with Gasteiger partial charge in [0.25, 0.3) is 0 Å². The first-order valence-corrected chi connectivity index (χ1v) is 5.79. The molecule has 3 N–H and O–H groups in total. The molecule has 0 aromatic rings. The maximum absolute atomic E-state index is 11.8. The van der Waals surface area contributed by atoms with Crippen LogP contribution in [0.1, 0.15) is 26.7 Å². The molecule has 96 valence electrons. The van der Waals surface area contributed by atoms with Gasteiger partial charge in [0.05, 0.1) is 12.1 Å². The van der Waals surface area contributed by atoms with Crippen molar-refractivity contribution in [3.8, 4) is 0 Å². The molecule has 1 rings (SSSR count). The highest BCUT2D eigenvalue weighted by Crippen LogP contribution is 2.18. The molecule has 1 saturated heterocycles. The highest BCUT2D eigenvalue weighted by Gasteiger charge is 2.35. The molecule has 1 heterocycles. The maximum Gasteiger partial charge on any atom is 0.243 e. The average Bonchev–Trinajstić information content (AvgIpc) is 2.76. The van der Waals surface area contributed by atoms with E-state index in [1.807, 2.05) is 0 Å². The number of aldehydes is 1. The third-order valence-corrected chi connectivity index (χ3v) is 2.80. The van der Waals surface area contributed by atoms with Crippen LogP contribution in [0.2, 0.25) is 0 Å². The van der Waals surface area contributed by atoms with Crippen LogP contribution >= 0.6 is 0 Å². The zero-order valence-corrected chi connectivity index (χ0v) is 10.2. The Morgan fingerprint density at radius 2 is 2.12 bits per heavy atom. The van der Waals surface area contributed by atoms with Crippen LogP contribution in [-0.2, 0) is 14.4 Å². The molecular formula is C11H19N3O3. The number of carbonyl (C=O) groups excluding carboxylic acids is 3. The van der Waals surface area contributed by atoms with E-state index in [0.717, 1.165) is 6.42 Å². The number of carbonyl (C=O) groups is 3. The topological polar surface area (TPSA) is 92.5 Å². The standard InChI is InChI=1S/C11H19N3O3/c1-7(6-15)13-10(16)9-4-3-5-14(9)11(17)8(2)12/h6-9H,3-5,12H2,1-2H3,(H,13,16)/t7-,8-,9-/m0/s1. The zero-order chi connectivity index (χ0) is 13.0. The van der Waals surface area contributed by atoms with Crippen molar-refractivity contribution in [1.29, 1.82) is 0 Å². The summed E-state index contributed by atoms with van der Waals surface area (Å²) < 4.78 is 0. The second kappa shape index (κ2) is 5.77. The van der Waals surface area contributed by atoms with Crippen LogP contribution in [-0.4, -0.2) is 47.7 Å². The number of nitrogens with one attached hydrogen (secondary N) is 1. The van der Waals surface area contributed by atoms with Gasteiger partial charge in [0, 0.05) is 6.54 Å². The van der Waals surface area contributed by atoms with E-state index in [4.69, 9.17) is 5.73 Å². The number of hydrogen-bond acceptors (Lipinski definition) is 4. The fourth-order valence-electron chi connectivity index (χ4n) is 1.92. The normalized spacial score (nSPS) is 23.0. The monoisotopic (exact) mass is 241 g/mol.